The van der Waals surface area contributed by atoms with Crippen LogP contribution in [0.5, 0.6) is 0 Å². The zero-order chi connectivity index (χ0) is 24.1. The number of aromatic nitrogens is 1. The molecule has 5 nitrogen and oxygen atoms in total. The second-order valence-electron chi connectivity index (χ2n) is 7.76. The smallest absolute Gasteiger partial charge is 0.345 e. The lowest BCUT2D eigenvalue weighted by atomic mass is 10.0. The molecule has 0 atom stereocenters. The minimum atomic E-state index is -4.40. The van der Waals surface area contributed by atoms with Gasteiger partial charge in [-0.05, 0) is 47.9 Å². The maximum absolute atomic E-state index is 15.4. The lowest BCUT2D eigenvalue weighted by Gasteiger charge is -2.13. The van der Waals surface area contributed by atoms with Gasteiger partial charge in [0.1, 0.15) is 4.88 Å². The zero-order valence-corrected chi connectivity index (χ0v) is 19.1. The predicted octanol–water partition coefficient (Wildman–Crippen LogP) is 5.77. The molecule has 0 saturated heterocycles. The van der Waals surface area contributed by atoms with Crippen LogP contribution in [0.3, 0.4) is 0 Å². The van der Waals surface area contributed by atoms with Crippen LogP contribution in [0, 0.1) is 17.5 Å². The maximum atomic E-state index is 15.4. The van der Waals surface area contributed by atoms with Gasteiger partial charge in [-0.1, -0.05) is 26.0 Å². The summed E-state index contributed by atoms with van der Waals surface area (Å²) in [5.74, 6) is -5.05. The van der Waals surface area contributed by atoms with Crippen LogP contribution in [0.4, 0.5) is 13.2 Å². The third-order valence-corrected chi connectivity index (χ3v) is 8.15. The van der Waals surface area contributed by atoms with E-state index in [4.69, 9.17) is 5.11 Å². The first-order valence-electron chi connectivity index (χ1n) is 9.86. The highest BCUT2D eigenvalue weighted by molar-refractivity contribution is 7.90. The Kier molecular flexibility index (Phi) is 5.83. The van der Waals surface area contributed by atoms with Gasteiger partial charge in [0.2, 0.25) is 0 Å². The number of carboxylic acid groups (broad SMARTS) is 1. The molecule has 172 valence electrons. The van der Waals surface area contributed by atoms with Crippen LogP contribution in [0.25, 0.3) is 10.9 Å². The molecule has 0 aliphatic carbocycles. The number of fused-ring (bicyclic) bond motifs is 1. The van der Waals surface area contributed by atoms with Crippen molar-refractivity contribution in [2.24, 2.45) is 0 Å². The molecule has 2 aromatic heterocycles. The van der Waals surface area contributed by atoms with Crippen molar-refractivity contribution in [3.63, 3.8) is 0 Å². The number of rotatable bonds is 6. The fourth-order valence-corrected chi connectivity index (χ4v) is 5.99. The van der Waals surface area contributed by atoms with Crippen LogP contribution in [0.15, 0.2) is 53.4 Å². The Morgan fingerprint density at radius 1 is 1.00 bits per heavy atom. The van der Waals surface area contributed by atoms with Crippen LogP contribution in [0.2, 0.25) is 0 Å². The van der Waals surface area contributed by atoms with E-state index in [9.17, 15) is 22.0 Å². The molecule has 4 aromatic rings. The monoisotopic (exact) mass is 493 g/mol. The van der Waals surface area contributed by atoms with Crippen LogP contribution < -0.4 is 0 Å². The molecule has 0 aliphatic rings. The van der Waals surface area contributed by atoms with E-state index in [-0.39, 0.29) is 27.6 Å². The van der Waals surface area contributed by atoms with Crippen molar-refractivity contribution in [1.29, 1.82) is 0 Å². The number of hydrogen-bond donors (Lipinski definition) is 1. The van der Waals surface area contributed by atoms with Gasteiger partial charge in [0.25, 0.3) is 10.0 Å². The Hall–Kier alpha value is -3.11. The highest BCUT2D eigenvalue weighted by atomic mass is 32.2. The summed E-state index contributed by atoms with van der Waals surface area (Å²) in [7, 11) is -4.40. The molecule has 0 saturated carbocycles. The first-order chi connectivity index (χ1) is 15.5. The lowest BCUT2D eigenvalue weighted by Crippen LogP contribution is -2.16. The van der Waals surface area contributed by atoms with Gasteiger partial charge >= 0.3 is 5.97 Å². The Balaban J connectivity index is 1.96. The lowest BCUT2D eigenvalue weighted by molar-refractivity contribution is 0.0702. The Labute approximate surface area is 191 Å². The summed E-state index contributed by atoms with van der Waals surface area (Å²) in [4.78, 5) is 11.4. The number of benzene rings is 2. The summed E-state index contributed by atoms with van der Waals surface area (Å²) < 4.78 is 71.6. The van der Waals surface area contributed by atoms with E-state index in [0.29, 0.717) is 8.85 Å². The highest BCUT2D eigenvalue weighted by Gasteiger charge is 2.30. The van der Waals surface area contributed by atoms with E-state index in [1.54, 1.807) is 12.1 Å². The summed E-state index contributed by atoms with van der Waals surface area (Å²) in [6, 6.07) is 10.5. The topological polar surface area (TPSA) is 76.4 Å². The molecular weight excluding hydrogens is 475 g/mol. The zero-order valence-electron chi connectivity index (χ0n) is 17.5. The number of halogens is 3. The van der Waals surface area contributed by atoms with Crippen molar-refractivity contribution < 1.29 is 31.5 Å². The van der Waals surface area contributed by atoms with Crippen molar-refractivity contribution >= 4 is 38.2 Å². The third-order valence-electron chi connectivity index (χ3n) is 5.31. The van der Waals surface area contributed by atoms with Crippen molar-refractivity contribution in [2.45, 2.75) is 31.1 Å². The number of aromatic carboxylic acids is 1. The molecule has 0 fully saturated rings. The molecule has 2 heterocycles. The summed E-state index contributed by atoms with van der Waals surface area (Å²) in [5.41, 5.74) is 0.135. The van der Waals surface area contributed by atoms with Gasteiger partial charge < -0.3 is 5.11 Å². The number of carboxylic acids is 1. The Morgan fingerprint density at radius 3 is 2.24 bits per heavy atom. The highest BCUT2D eigenvalue weighted by Crippen LogP contribution is 2.34. The standard InChI is InChI=1S/C23H18F3NO4S2/c1-12(2)13-3-6-15(7-4-13)33(30,31)27-17-9-8-16(24)21(25)20(17)22(26)18(27)11-14-5-10-19(32-14)23(28)29/h3-10,12H,11H2,1-2H3,(H,28,29). The molecule has 2 aromatic carbocycles. The first kappa shape index (κ1) is 23.1. The molecule has 0 aliphatic heterocycles. The fourth-order valence-electron chi connectivity index (χ4n) is 3.60. The quantitative estimate of drug-likeness (QED) is 0.370. The Morgan fingerprint density at radius 2 is 1.67 bits per heavy atom. The van der Waals surface area contributed by atoms with Gasteiger partial charge in [-0.25, -0.2) is 30.4 Å². The van der Waals surface area contributed by atoms with Crippen LogP contribution in [-0.4, -0.2) is 23.5 Å². The molecule has 0 amide bonds. The summed E-state index contributed by atoms with van der Waals surface area (Å²) in [6.45, 7) is 3.89. The normalized spacial score (nSPS) is 12.1. The number of carbonyl (C=O) groups is 1. The SMILES string of the molecule is CC(C)c1ccc(S(=O)(=O)n2c(Cc3ccc(C(=O)O)s3)c(F)c3c(F)c(F)ccc32)cc1. The predicted molar refractivity (Wildman–Crippen MR) is 119 cm³/mol. The molecule has 0 spiro atoms. The molecule has 0 bridgehead atoms. The van der Waals surface area contributed by atoms with Crippen molar-refractivity contribution in [3.05, 3.63) is 87.0 Å². The van der Waals surface area contributed by atoms with Gasteiger partial charge in [-0.2, -0.15) is 0 Å². The van der Waals surface area contributed by atoms with Gasteiger partial charge in [0.15, 0.2) is 17.5 Å². The summed E-state index contributed by atoms with van der Waals surface area (Å²) >= 11 is 0.840. The van der Waals surface area contributed by atoms with Gasteiger partial charge in [0, 0.05) is 11.3 Å². The van der Waals surface area contributed by atoms with Crippen LogP contribution in [-0.2, 0) is 16.4 Å². The average molecular weight is 494 g/mol. The second kappa shape index (κ2) is 8.35. The van der Waals surface area contributed by atoms with E-state index in [1.165, 1.54) is 24.3 Å². The molecule has 10 heteroatoms. The fraction of sp³-hybridized carbons (Fsp3) is 0.174. The van der Waals surface area contributed by atoms with E-state index in [1.807, 2.05) is 13.8 Å². The molecule has 33 heavy (non-hydrogen) atoms. The molecule has 0 radical (unpaired) electrons. The van der Waals surface area contributed by atoms with Crippen molar-refractivity contribution in [1.82, 2.24) is 3.97 Å². The first-order valence-corrected chi connectivity index (χ1v) is 12.1. The van der Waals surface area contributed by atoms with Crippen LogP contribution >= 0.6 is 11.3 Å². The maximum Gasteiger partial charge on any atom is 0.345 e. The molecule has 4 rings (SSSR count). The summed E-state index contributed by atoms with van der Waals surface area (Å²) in [5, 5.41) is 8.36. The number of thiophene rings is 1. The average Bonchev–Trinajstić information content (AvgIpc) is 3.35. The summed E-state index contributed by atoms with van der Waals surface area (Å²) in [6.07, 6.45) is -0.331. The van der Waals surface area contributed by atoms with Crippen LogP contribution in [0.1, 0.15) is 45.6 Å². The van der Waals surface area contributed by atoms with E-state index in [2.05, 4.69) is 0 Å². The molecular formula is C23H18F3NO4S2. The number of hydrogen-bond acceptors (Lipinski definition) is 4. The van der Waals surface area contributed by atoms with Crippen molar-refractivity contribution in [3.8, 4) is 0 Å². The van der Waals surface area contributed by atoms with E-state index in [0.717, 1.165) is 29.0 Å². The molecule has 0 unspecified atom stereocenters. The van der Waals surface area contributed by atoms with Gasteiger partial charge in [-0.15, -0.1) is 11.3 Å². The van der Waals surface area contributed by atoms with Crippen molar-refractivity contribution in [2.75, 3.05) is 0 Å². The molecule has 1 N–H and O–H groups in total. The van der Waals surface area contributed by atoms with E-state index < -0.39 is 44.5 Å². The largest absolute Gasteiger partial charge is 0.477 e. The minimum absolute atomic E-state index is 0.0163. The van der Waals surface area contributed by atoms with E-state index >= 15 is 4.39 Å². The van der Waals surface area contributed by atoms with Gasteiger partial charge in [-0.3, -0.25) is 0 Å². The Bertz CT molecular complexity index is 1490. The number of nitrogens with zero attached hydrogens (tertiary/aromatic N) is 1. The minimum Gasteiger partial charge on any atom is -0.477 e. The third kappa shape index (κ3) is 3.93. The van der Waals surface area contributed by atoms with Gasteiger partial charge in [0.05, 0.1) is 21.5 Å². The second-order valence-corrected chi connectivity index (χ2v) is 10.7.